The number of rotatable bonds is 6. The number of methoxy groups -OCH3 is 1. The quantitative estimate of drug-likeness (QED) is 0.865. The Morgan fingerprint density at radius 1 is 1.35 bits per heavy atom. The van der Waals surface area contributed by atoms with Gasteiger partial charge in [-0.05, 0) is 32.4 Å². The van der Waals surface area contributed by atoms with E-state index >= 15 is 0 Å². The molecule has 6 nitrogen and oxygen atoms in total. The number of hydrogen-bond donors (Lipinski definition) is 1. The topological polar surface area (TPSA) is 76.1 Å². The number of aliphatic carboxylic acids is 1. The van der Waals surface area contributed by atoms with Crippen LogP contribution in [0, 0.1) is 6.92 Å². The highest BCUT2D eigenvalue weighted by Gasteiger charge is 2.38. The van der Waals surface area contributed by atoms with Crippen LogP contribution >= 0.6 is 0 Å². The van der Waals surface area contributed by atoms with Crippen molar-refractivity contribution in [3.8, 4) is 5.75 Å². The van der Waals surface area contributed by atoms with Crippen LogP contribution in [0.5, 0.6) is 5.75 Å². The summed E-state index contributed by atoms with van der Waals surface area (Å²) in [6, 6.07) is 7.10. The van der Waals surface area contributed by atoms with Crippen molar-refractivity contribution >= 4 is 11.9 Å². The minimum Gasteiger partial charge on any atom is -0.481 e. The summed E-state index contributed by atoms with van der Waals surface area (Å²) in [4.78, 5) is 25.2. The molecule has 1 heterocycles. The zero-order valence-electron chi connectivity index (χ0n) is 13.7. The van der Waals surface area contributed by atoms with Crippen LogP contribution in [0.15, 0.2) is 24.3 Å². The van der Waals surface area contributed by atoms with Crippen molar-refractivity contribution in [2.45, 2.75) is 44.9 Å². The molecule has 1 aliphatic heterocycles. The number of hydrogen-bond acceptors (Lipinski definition) is 4. The molecule has 126 valence electrons. The summed E-state index contributed by atoms with van der Waals surface area (Å²) >= 11 is 0. The number of benzene rings is 1. The zero-order chi connectivity index (χ0) is 17.0. The first-order chi connectivity index (χ1) is 10.9. The molecule has 3 unspecified atom stereocenters. The van der Waals surface area contributed by atoms with E-state index in [9.17, 15) is 9.59 Å². The van der Waals surface area contributed by atoms with E-state index in [1.165, 1.54) is 0 Å². The van der Waals surface area contributed by atoms with Gasteiger partial charge in [-0.2, -0.15) is 0 Å². The van der Waals surface area contributed by atoms with Gasteiger partial charge in [-0.15, -0.1) is 0 Å². The number of carboxylic acid groups (broad SMARTS) is 1. The summed E-state index contributed by atoms with van der Waals surface area (Å²) in [5.74, 6) is -0.512. The molecule has 3 atom stereocenters. The second-order valence-electron chi connectivity index (χ2n) is 5.91. The number of ether oxygens (including phenoxy) is 2. The highest BCUT2D eigenvalue weighted by atomic mass is 16.5. The van der Waals surface area contributed by atoms with Gasteiger partial charge in [0.15, 0.2) is 6.10 Å². The van der Waals surface area contributed by atoms with Crippen molar-refractivity contribution in [1.29, 1.82) is 0 Å². The van der Waals surface area contributed by atoms with E-state index in [2.05, 4.69) is 0 Å². The SMILES string of the molecule is COC1CC(CC(=O)O)N(C(=O)C(C)Oc2ccc(C)cc2)C1. The third-order valence-electron chi connectivity index (χ3n) is 4.08. The molecular weight excluding hydrogens is 298 g/mol. The molecule has 6 heteroatoms. The lowest BCUT2D eigenvalue weighted by atomic mass is 10.1. The van der Waals surface area contributed by atoms with Gasteiger partial charge in [0.2, 0.25) is 0 Å². The van der Waals surface area contributed by atoms with E-state index < -0.39 is 12.1 Å². The van der Waals surface area contributed by atoms with Gasteiger partial charge in [-0.3, -0.25) is 9.59 Å². The summed E-state index contributed by atoms with van der Waals surface area (Å²) in [6.07, 6.45) is -0.353. The molecule has 0 spiro atoms. The van der Waals surface area contributed by atoms with Gasteiger partial charge in [0.05, 0.1) is 12.5 Å². The molecule has 0 saturated carbocycles. The molecule has 1 aromatic rings. The summed E-state index contributed by atoms with van der Waals surface area (Å²) in [5, 5.41) is 9.02. The molecule has 2 rings (SSSR count). The van der Waals surface area contributed by atoms with Gasteiger partial charge in [0.25, 0.3) is 5.91 Å². The molecule has 0 radical (unpaired) electrons. The van der Waals surface area contributed by atoms with Crippen molar-refractivity contribution in [3.05, 3.63) is 29.8 Å². The van der Waals surface area contributed by atoms with Crippen molar-refractivity contribution in [2.24, 2.45) is 0 Å². The minimum absolute atomic E-state index is 0.0805. The van der Waals surface area contributed by atoms with Gasteiger partial charge in [0.1, 0.15) is 5.75 Å². The lowest BCUT2D eigenvalue weighted by molar-refractivity contribution is -0.142. The monoisotopic (exact) mass is 321 g/mol. The van der Waals surface area contributed by atoms with Crippen LogP contribution in [-0.4, -0.2) is 53.8 Å². The molecule has 1 amide bonds. The fourth-order valence-corrected chi connectivity index (χ4v) is 2.81. The third kappa shape index (κ3) is 4.45. The predicted octanol–water partition coefficient (Wildman–Crippen LogP) is 1.85. The van der Waals surface area contributed by atoms with E-state index in [0.717, 1.165) is 5.56 Å². The Balaban J connectivity index is 2.03. The zero-order valence-corrected chi connectivity index (χ0v) is 13.7. The summed E-state index contributed by atoms with van der Waals surface area (Å²) in [5.41, 5.74) is 1.11. The summed E-state index contributed by atoms with van der Waals surface area (Å²) < 4.78 is 11.0. The Bertz CT molecular complexity index is 557. The Labute approximate surface area is 136 Å². The number of aryl methyl sites for hydroxylation is 1. The fraction of sp³-hybridized carbons (Fsp3) is 0.529. The molecule has 1 N–H and O–H groups in total. The van der Waals surface area contributed by atoms with Crippen LogP contribution < -0.4 is 4.74 Å². The molecule has 1 aromatic carbocycles. The van der Waals surface area contributed by atoms with E-state index in [1.807, 2.05) is 31.2 Å². The summed E-state index contributed by atoms with van der Waals surface area (Å²) in [6.45, 7) is 4.05. The Kier molecular flexibility index (Phi) is 5.60. The molecule has 0 aliphatic carbocycles. The molecule has 23 heavy (non-hydrogen) atoms. The average Bonchev–Trinajstić information content (AvgIpc) is 2.91. The van der Waals surface area contributed by atoms with Crippen LogP contribution in [0.4, 0.5) is 0 Å². The first-order valence-electron chi connectivity index (χ1n) is 7.69. The van der Waals surface area contributed by atoms with Gasteiger partial charge in [0, 0.05) is 19.7 Å². The molecule has 1 aliphatic rings. The van der Waals surface area contributed by atoms with Crippen LogP contribution in [0.25, 0.3) is 0 Å². The maximum atomic E-state index is 12.6. The summed E-state index contributed by atoms with van der Waals surface area (Å²) in [7, 11) is 1.57. The van der Waals surface area contributed by atoms with Crippen LogP contribution in [0.2, 0.25) is 0 Å². The smallest absolute Gasteiger partial charge is 0.305 e. The normalized spacial score (nSPS) is 22.0. The van der Waals surface area contributed by atoms with Crippen LogP contribution in [-0.2, 0) is 14.3 Å². The van der Waals surface area contributed by atoms with Gasteiger partial charge >= 0.3 is 5.97 Å². The number of likely N-dealkylation sites (tertiary alicyclic amines) is 1. The second kappa shape index (κ2) is 7.46. The molecule has 0 bridgehead atoms. The number of carbonyl (C=O) groups excluding carboxylic acids is 1. The lowest BCUT2D eigenvalue weighted by Crippen LogP contribution is -2.44. The first kappa shape index (κ1) is 17.3. The van der Waals surface area contributed by atoms with E-state index in [-0.39, 0.29) is 24.5 Å². The van der Waals surface area contributed by atoms with Crippen molar-refractivity contribution in [1.82, 2.24) is 4.90 Å². The van der Waals surface area contributed by atoms with Gasteiger partial charge in [-0.25, -0.2) is 0 Å². The Hall–Kier alpha value is -2.08. The van der Waals surface area contributed by atoms with Crippen molar-refractivity contribution < 1.29 is 24.2 Å². The number of amides is 1. The average molecular weight is 321 g/mol. The van der Waals surface area contributed by atoms with Crippen LogP contribution in [0.1, 0.15) is 25.3 Å². The highest BCUT2D eigenvalue weighted by Crippen LogP contribution is 2.24. The fourth-order valence-electron chi connectivity index (χ4n) is 2.81. The third-order valence-corrected chi connectivity index (χ3v) is 4.08. The van der Waals surface area contributed by atoms with Crippen molar-refractivity contribution in [2.75, 3.05) is 13.7 Å². The van der Waals surface area contributed by atoms with Gasteiger partial charge in [-0.1, -0.05) is 17.7 Å². The number of nitrogens with zero attached hydrogens (tertiary/aromatic N) is 1. The van der Waals surface area contributed by atoms with Crippen LogP contribution in [0.3, 0.4) is 0 Å². The number of carbonyl (C=O) groups is 2. The minimum atomic E-state index is -0.920. The Morgan fingerprint density at radius 2 is 2.00 bits per heavy atom. The molecule has 1 fully saturated rings. The second-order valence-corrected chi connectivity index (χ2v) is 5.91. The maximum Gasteiger partial charge on any atom is 0.305 e. The Morgan fingerprint density at radius 3 is 2.57 bits per heavy atom. The largest absolute Gasteiger partial charge is 0.481 e. The number of carboxylic acids is 1. The maximum absolute atomic E-state index is 12.6. The van der Waals surface area contributed by atoms with E-state index in [1.54, 1.807) is 18.9 Å². The van der Waals surface area contributed by atoms with Crippen molar-refractivity contribution in [3.63, 3.8) is 0 Å². The molecule has 0 aromatic heterocycles. The van der Waals surface area contributed by atoms with Gasteiger partial charge < -0.3 is 19.5 Å². The molecular formula is C17H23NO5. The first-order valence-corrected chi connectivity index (χ1v) is 7.69. The van der Waals surface area contributed by atoms with E-state index in [0.29, 0.717) is 18.7 Å². The lowest BCUT2D eigenvalue weighted by Gasteiger charge is -2.26. The molecule has 1 saturated heterocycles. The van der Waals surface area contributed by atoms with E-state index in [4.69, 9.17) is 14.6 Å². The standard InChI is InChI=1S/C17H23NO5/c1-11-4-6-14(7-5-11)23-12(2)17(21)18-10-15(22-3)8-13(18)9-16(19)20/h4-7,12-13,15H,8-10H2,1-3H3,(H,19,20). The predicted molar refractivity (Wildman–Crippen MR) is 84.4 cm³/mol. The highest BCUT2D eigenvalue weighted by molar-refractivity contribution is 5.82.